The minimum absolute atomic E-state index is 0.00372. The Kier molecular flexibility index (Phi) is 5.40. The Labute approximate surface area is 129 Å². The van der Waals surface area contributed by atoms with E-state index in [1.807, 2.05) is 37.3 Å². The number of aryl methyl sites for hydroxylation is 1. The van der Waals surface area contributed by atoms with Crippen LogP contribution in [0.15, 0.2) is 41.7 Å². The van der Waals surface area contributed by atoms with Gasteiger partial charge >= 0.3 is 0 Å². The van der Waals surface area contributed by atoms with Crippen LogP contribution in [0.1, 0.15) is 29.9 Å². The Bertz CT molecular complexity index is 577. The van der Waals surface area contributed by atoms with Gasteiger partial charge in [0.2, 0.25) is 0 Å². The average Bonchev–Trinajstić information content (AvgIpc) is 2.45. The predicted molar refractivity (Wildman–Crippen MR) is 85.1 cm³/mol. The summed E-state index contributed by atoms with van der Waals surface area (Å²) < 4.78 is 0. The van der Waals surface area contributed by atoms with Crippen molar-refractivity contribution in [3.05, 3.63) is 52.8 Å². The van der Waals surface area contributed by atoms with Crippen molar-refractivity contribution in [2.75, 3.05) is 0 Å². The van der Waals surface area contributed by atoms with Crippen LogP contribution < -0.4 is 5.73 Å². The zero-order chi connectivity index (χ0) is 14.5. The first-order valence-electron chi connectivity index (χ1n) is 6.58. The van der Waals surface area contributed by atoms with Gasteiger partial charge < -0.3 is 5.73 Å². The van der Waals surface area contributed by atoms with Crippen LogP contribution in [0.25, 0.3) is 0 Å². The lowest BCUT2D eigenvalue weighted by Gasteiger charge is -2.23. The molecular weight excluding hydrogens is 290 g/mol. The van der Waals surface area contributed by atoms with Crippen molar-refractivity contribution in [3.8, 4) is 0 Å². The minimum atomic E-state index is 0.00372. The highest BCUT2D eigenvalue weighted by Crippen LogP contribution is 2.39. The molecule has 0 aliphatic carbocycles. The fraction of sp³-hybridized carbons (Fsp3) is 0.333. The van der Waals surface area contributed by atoms with Crippen molar-refractivity contribution in [1.82, 2.24) is 9.97 Å². The van der Waals surface area contributed by atoms with Crippen molar-refractivity contribution >= 4 is 23.4 Å². The third-order valence-corrected chi connectivity index (χ3v) is 4.69. The molecule has 1 aromatic heterocycles. The van der Waals surface area contributed by atoms with E-state index >= 15 is 0 Å². The number of halogens is 1. The predicted octanol–water partition coefficient (Wildman–Crippen LogP) is 4.01. The van der Waals surface area contributed by atoms with E-state index in [9.17, 15) is 0 Å². The summed E-state index contributed by atoms with van der Waals surface area (Å²) in [6, 6.07) is 9.70. The molecule has 0 amide bonds. The molecule has 2 aromatic rings. The van der Waals surface area contributed by atoms with Crippen LogP contribution in [0, 0.1) is 6.92 Å². The van der Waals surface area contributed by atoms with Crippen LogP contribution in [0.3, 0.4) is 0 Å². The second kappa shape index (κ2) is 7.07. The smallest absolute Gasteiger partial charge is 0.188 e. The van der Waals surface area contributed by atoms with Gasteiger partial charge in [0.15, 0.2) is 5.16 Å². The Hall–Kier alpha value is -1.10. The molecule has 0 aliphatic heterocycles. The van der Waals surface area contributed by atoms with Gasteiger partial charge in [-0.05, 0) is 31.0 Å². The van der Waals surface area contributed by atoms with Crippen molar-refractivity contribution in [3.63, 3.8) is 0 Å². The first kappa shape index (κ1) is 15.3. The highest BCUT2D eigenvalue weighted by molar-refractivity contribution is 7.99. The highest BCUT2D eigenvalue weighted by Gasteiger charge is 2.23. The van der Waals surface area contributed by atoms with Gasteiger partial charge in [-0.2, -0.15) is 0 Å². The van der Waals surface area contributed by atoms with E-state index in [1.165, 1.54) is 0 Å². The summed E-state index contributed by atoms with van der Waals surface area (Å²) in [5, 5.41) is 1.52. The maximum atomic E-state index is 6.31. The monoisotopic (exact) mass is 307 g/mol. The van der Waals surface area contributed by atoms with Crippen LogP contribution in [0.2, 0.25) is 5.02 Å². The van der Waals surface area contributed by atoms with Crippen LogP contribution >= 0.6 is 23.4 Å². The van der Waals surface area contributed by atoms with Crippen LogP contribution in [-0.2, 0) is 0 Å². The summed E-state index contributed by atoms with van der Waals surface area (Å²) in [6.45, 7) is 4.03. The van der Waals surface area contributed by atoms with Gasteiger partial charge in [0.05, 0.1) is 5.25 Å². The maximum absolute atomic E-state index is 6.31. The molecule has 0 bridgehead atoms. The Morgan fingerprint density at radius 3 is 2.70 bits per heavy atom. The van der Waals surface area contributed by atoms with Crippen molar-refractivity contribution in [2.24, 2.45) is 5.73 Å². The normalized spacial score (nSPS) is 14.0. The number of nitrogens with two attached hydrogens (primary N) is 1. The minimum Gasteiger partial charge on any atom is -0.326 e. The Balaban J connectivity index is 2.32. The number of nitrogens with zero attached hydrogens (tertiary/aromatic N) is 2. The van der Waals surface area contributed by atoms with E-state index in [-0.39, 0.29) is 11.3 Å². The SMILES string of the molecule is CCC(N)C(Sc1nccc(C)n1)c1ccccc1Cl. The molecule has 0 radical (unpaired) electrons. The topological polar surface area (TPSA) is 51.8 Å². The van der Waals surface area contributed by atoms with Crippen molar-refractivity contribution in [1.29, 1.82) is 0 Å². The number of thioether (sulfide) groups is 1. The summed E-state index contributed by atoms with van der Waals surface area (Å²) >= 11 is 7.88. The third-order valence-electron chi connectivity index (χ3n) is 3.08. The Morgan fingerprint density at radius 2 is 2.05 bits per heavy atom. The van der Waals surface area contributed by atoms with Gasteiger partial charge in [0.25, 0.3) is 0 Å². The summed E-state index contributed by atoms with van der Waals surface area (Å²) in [4.78, 5) is 8.74. The van der Waals surface area contributed by atoms with Gasteiger partial charge in [0, 0.05) is 23.0 Å². The van der Waals surface area contributed by atoms with E-state index in [1.54, 1.807) is 18.0 Å². The lowest BCUT2D eigenvalue weighted by atomic mass is 10.0. The van der Waals surface area contributed by atoms with Gasteiger partial charge in [-0.1, -0.05) is 48.5 Å². The molecule has 2 unspecified atom stereocenters. The number of benzene rings is 1. The fourth-order valence-electron chi connectivity index (χ4n) is 1.90. The molecule has 0 spiro atoms. The summed E-state index contributed by atoms with van der Waals surface area (Å²) in [5.74, 6) is 0. The molecule has 2 atom stereocenters. The van der Waals surface area contributed by atoms with Gasteiger partial charge in [0.1, 0.15) is 0 Å². The van der Waals surface area contributed by atoms with Gasteiger partial charge in [-0.3, -0.25) is 0 Å². The first-order valence-corrected chi connectivity index (χ1v) is 7.84. The van der Waals surface area contributed by atoms with Gasteiger partial charge in [-0.15, -0.1) is 0 Å². The van der Waals surface area contributed by atoms with E-state index < -0.39 is 0 Å². The maximum Gasteiger partial charge on any atom is 0.188 e. The van der Waals surface area contributed by atoms with Crippen LogP contribution in [0.4, 0.5) is 0 Å². The molecule has 5 heteroatoms. The van der Waals surface area contributed by atoms with Crippen molar-refractivity contribution < 1.29 is 0 Å². The molecule has 3 nitrogen and oxygen atoms in total. The molecule has 2 rings (SSSR count). The Morgan fingerprint density at radius 1 is 1.30 bits per heavy atom. The second-order valence-electron chi connectivity index (χ2n) is 4.61. The summed E-state index contributed by atoms with van der Waals surface area (Å²) in [7, 11) is 0. The van der Waals surface area contributed by atoms with Gasteiger partial charge in [-0.25, -0.2) is 9.97 Å². The van der Waals surface area contributed by atoms with Crippen molar-refractivity contribution in [2.45, 2.75) is 36.7 Å². The molecule has 20 heavy (non-hydrogen) atoms. The molecule has 1 aromatic carbocycles. The highest BCUT2D eigenvalue weighted by atomic mass is 35.5. The zero-order valence-corrected chi connectivity index (χ0v) is 13.2. The first-order chi connectivity index (χ1) is 9.61. The molecule has 1 heterocycles. The molecule has 0 saturated heterocycles. The number of rotatable bonds is 5. The van der Waals surface area contributed by atoms with Crippen LogP contribution in [0.5, 0.6) is 0 Å². The van der Waals surface area contributed by atoms with E-state index in [0.717, 1.165) is 27.9 Å². The molecule has 0 aliphatic rings. The lowest BCUT2D eigenvalue weighted by Crippen LogP contribution is -2.26. The number of hydrogen-bond donors (Lipinski definition) is 1. The van der Waals surface area contributed by atoms with Crippen LogP contribution in [-0.4, -0.2) is 16.0 Å². The summed E-state index contributed by atoms with van der Waals surface area (Å²) in [5.41, 5.74) is 8.26. The molecule has 106 valence electrons. The molecule has 0 saturated carbocycles. The third kappa shape index (κ3) is 3.72. The largest absolute Gasteiger partial charge is 0.326 e. The fourth-order valence-corrected chi connectivity index (χ4v) is 3.46. The van der Waals surface area contributed by atoms with E-state index in [0.29, 0.717) is 0 Å². The number of aromatic nitrogens is 2. The second-order valence-corrected chi connectivity index (χ2v) is 6.13. The zero-order valence-electron chi connectivity index (χ0n) is 11.6. The summed E-state index contributed by atoms with van der Waals surface area (Å²) in [6.07, 6.45) is 2.64. The standard InChI is InChI=1S/C15H18ClN3S/c1-3-13(17)14(11-6-4-5-7-12(11)16)20-15-18-9-8-10(2)19-15/h4-9,13-14H,3,17H2,1-2H3. The van der Waals surface area contributed by atoms with E-state index in [2.05, 4.69) is 16.9 Å². The average molecular weight is 308 g/mol. The lowest BCUT2D eigenvalue weighted by molar-refractivity contribution is 0.632. The molecule has 2 N–H and O–H groups in total. The quantitative estimate of drug-likeness (QED) is 0.670. The van der Waals surface area contributed by atoms with E-state index in [4.69, 9.17) is 17.3 Å². The number of hydrogen-bond acceptors (Lipinski definition) is 4. The molecule has 0 fully saturated rings. The molecular formula is C15H18ClN3S.